The molecule has 20 heavy (non-hydrogen) atoms. The van der Waals surface area contributed by atoms with Crippen molar-refractivity contribution in [2.45, 2.75) is 19.4 Å². The van der Waals surface area contributed by atoms with Gasteiger partial charge in [0.15, 0.2) is 0 Å². The SMILES string of the molecule is CCNC(Cc1ccnc2ccccc12)c1cnns1. The highest BCUT2D eigenvalue weighted by atomic mass is 32.1. The summed E-state index contributed by atoms with van der Waals surface area (Å²) in [5, 5.41) is 8.67. The normalized spacial score (nSPS) is 12.7. The van der Waals surface area contributed by atoms with Gasteiger partial charge < -0.3 is 5.32 Å². The van der Waals surface area contributed by atoms with Crippen molar-refractivity contribution in [3.05, 3.63) is 53.2 Å². The van der Waals surface area contributed by atoms with Crippen LogP contribution in [-0.4, -0.2) is 21.1 Å². The first-order valence-electron chi connectivity index (χ1n) is 6.71. The van der Waals surface area contributed by atoms with Gasteiger partial charge in [0, 0.05) is 17.6 Å². The summed E-state index contributed by atoms with van der Waals surface area (Å²) in [4.78, 5) is 5.59. The number of pyridine rings is 1. The predicted octanol–water partition coefficient (Wildman–Crippen LogP) is 2.98. The summed E-state index contributed by atoms with van der Waals surface area (Å²) in [7, 11) is 0. The number of aromatic nitrogens is 3. The van der Waals surface area contributed by atoms with Crippen molar-refractivity contribution >= 4 is 22.4 Å². The topological polar surface area (TPSA) is 50.7 Å². The molecule has 0 radical (unpaired) electrons. The molecule has 1 N–H and O–H groups in total. The summed E-state index contributed by atoms with van der Waals surface area (Å²) in [5.41, 5.74) is 2.35. The lowest BCUT2D eigenvalue weighted by Crippen LogP contribution is -2.22. The van der Waals surface area contributed by atoms with Crippen LogP contribution in [0.25, 0.3) is 10.9 Å². The van der Waals surface area contributed by atoms with Crippen LogP contribution >= 0.6 is 11.5 Å². The third kappa shape index (κ3) is 2.69. The second-order valence-electron chi connectivity index (χ2n) is 4.62. The summed E-state index contributed by atoms with van der Waals surface area (Å²) in [6.07, 6.45) is 4.65. The molecule has 3 rings (SSSR count). The molecular weight excluding hydrogens is 268 g/mol. The molecule has 0 aliphatic heterocycles. The Hall–Kier alpha value is -1.85. The van der Waals surface area contributed by atoms with E-state index in [0.717, 1.165) is 18.5 Å². The molecule has 0 saturated heterocycles. The molecule has 0 saturated carbocycles. The molecule has 5 heteroatoms. The molecule has 1 unspecified atom stereocenters. The van der Waals surface area contributed by atoms with Crippen LogP contribution in [0.1, 0.15) is 23.4 Å². The van der Waals surface area contributed by atoms with Gasteiger partial charge in [0.2, 0.25) is 0 Å². The first-order chi connectivity index (χ1) is 9.88. The first kappa shape index (κ1) is 13.1. The molecule has 2 aromatic heterocycles. The number of nitrogens with zero attached hydrogens (tertiary/aromatic N) is 3. The lowest BCUT2D eigenvalue weighted by Gasteiger charge is -2.16. The maximum atomic E-state index is 4.42. The maximum absolute atomic E-state index is 4.42. The minimum atomic E-state index is 0.255. The minimum absolute atomic E-state index is 0.255. The van der Waals surface area contributed by atoms with Crippen molar-refractivity contribution in [3.63, 3.8) is 0 Å². The lowest BCUT2D eigenvalue weighted by molar-refractivity contribution is 0.558. The summed E-state index contributed by atoms with van der Waals surface area (Å²) in [5.74, 6) is 0. The van der Waals surface area contributed by atoms with Crippen molar-refractivity contribution in [3.8, 4) is 0 Å². The molecule has 0 bridgehead atoms. The van der Waals surface area contributed by atoms with E-state index in [1.165, 1.54) is 27.4 Å². The number of benzene rings is 1. The molecule has 0 amide bonds. The molecule has 102 valence electrons. The average Bonchev–Trinajstić information content (AvgIpc) is 3.01. The summed E-state index contributed by atoms with van der Waals surface area (Å²) in [6, 6.07) is 10.6. The summed E-state index contributed by atoms with van der Waals surface area (Å²) in [6.45, 7) is 3.04. The summed E-state index contributed by atoms with van der Waals surface area (Å²) >= 11 is 1.46. The van der Waals surface area contributed by atoms with Gasteiger partial charge >= 0.3 is 0 Å². The third-order valence-electron chi connectivity index (χ3n) is 3.34. The lowest BCUT2D eigenvalue weighted by atomic mass is 10.0. The Labute approximate surface area is 122 Å². The average molecular weight is 284 g/mol. The van der Waals surface area contributed by atoms with E-state index in [0.29, 0.717) is 0 Å². The van der Waals surface area contributed by atoms with Crippen LogP contribution in [0.3, 0.4) is 0 Å². The molecule has 0 fully saturated rings. The first-order valence-corrected chi connectivity index (χ1v) is 7.49. The summed E-state index contributed by atoms with van der Waals surface area (Å²) < 4.78 is 3.97. The zero-order chi connectivity index (χ0) is 13.8. The monoisotopic (exact) mass is 284 g/mol. The van der Waals surface area contributed by atoms with Crippen LogP contribution in [0.5, 0.6) is 0 Å². The van der Waals surface area contributed by atoms with Gasteiger partial charge in [0.1, 0.15) is 0 Å². The van der Waals surface area contributed by atoms with Crippen LogP contribution < -0.4 is 5.32 Å². The van der Waals surface area contributed by atoms with E-state index in [4.69, 9.17) is 0 Å². The van der Waals surface area contributed by atoms with E-state index in [9.17, 15) is 0 Å². The molecule has 4 nitrogen and oxygen atoms in total. The van der Waals surface area contributed by atoms with Gasteiger partial charge in [0.05, 0.1) is 16.6 Å². The van der Waals surface area contributed by atoms with E-state index in [2.05, 4.69) is 51.1 Å². The Bertz CT molecular complexity index is 676. The van der Waals surface area contributed by atoms with Crippen molar-refractivity contribution in [1.82, 2.24) is 19.9 Å². The highest BCUT2D eigenvalue weighted by Crippen LogP contribution is 2.24. The molecule has 1 atom stereocenters. The van der Waals surface area contributed by atoms with E-state index in [1.807, 2.05) is 18.5 Å². The van der Waals surface area contributed by atoms with Crippen LogP contribution in [0.15, 0.2) is 42.7 Å². The van der Waals surface area contributed by atoms with Crippen LogP contribution in [0.2, 0.25) is 0 Å². The van der Waals surface area contributed by atoms with Gasteiger partial charge in [-0.1, -0.05) is 29.6 Å². The Kier molecular flexibility index (Phi) is 3.99. The molecule has 0 aliphatic rings. The van der Waals surface area contributed by atoms with Crippen LogP contribution in [-0.2, 0) is 6.42 Å². The fraction of sp³-hybridized carbons (Fsp3) is 0.267. The maximum Gasteiger partial charge on any atom is 0.0704 e. The number of likely N-dealkylation sites (N-methyl/N-ethyl adjacent to an activating group) is 1. The van der Waals surface area contributed by atoms with Crippen LogP contribution in [0, 0.1) is 0 Å². The molecule has 0 aliphatic carbocycles. The van der Waals surface area contributed by atoms with Gasteiger partial charge in [-0.05, 0) is 42.2 Å². The smallest absolute Gasteiger partial charge is 0.0704 e. The minimum Gasteiger partial charge on any atom is -0.309 e. The van der Waals surface area contributed by atoms with Crippen LogP contribution in [0.4, 0.5) is 0 Å². The Morgan fingerprint density at radius 3 is 2.95 bits per heavy atom. The number of rotatable bonds is 5. The van der Waals surface area contributed by atoms with Gasteiger partial charge in [-0.25, -0.2) is 0 Å². The molecule has 0 spiro atoms. The van der Waals surface area contributed by atoms with E-state index >= 15 is 0 Å². The fourth-order valence-corrected chi connectivity index (χ4v) is 2.98. The largest absolute Gasteiger partial charge is 0.309 e. The standard InChI is InChI=1S/C15H16N4S/c1-2-16-14(15-10-18-19-20-15)9-11-7-8-17-13-6-4-3-5-12(11)13/h3-8,10,14,16H,2,9H2,1H3. The van der Waals surface area contributed by atoms with Crippen molar-refractivity contribution in [1.29, 1.82) is 0 Å². The fourth-order valence-electron chi connectivity index (χ4n) is 2.40. The highest BCUT2D eigenvalue weighted by Gasteiger charge is 2.15. The molecule has 1 aromatic carbocycles. The molecule has 3 aromatic rings. The quantitative estimate of drug-likeness (QED) is 0.782. The van der Waals surface area contributed by atoms with E-state index < -0.39 is 0 Å². The van der Waals surface area contributed by atoms with Crippen molar-refractivity contribution in [2.75, 3.05) is 6.54 Å². The Morgan fingerprint density at radius 1 is 1.25 bits per heavy atom. The number of para-hydroxylation sites is 1. The van der Waals surface area contributed by atoms with Crippen molar-refractivity contribution < 1.29 is 0 Å². The number of nitrogens with one attached hydrogen (secondary N) is 1. The number of fused-ring (bicyclic) bond motifs is 1. The zero-order valence-electron chi connectivity index (χ0n) is 11.3. The van der Waals surface area contributed by atoms with Gasteiger partial charge in [-0.3, -0.25) is 4.98 Å². The third-order valence-corrected chi connectivity index (χ3v) is 4.11. The van der Waals surface area contributed by atoms with E-state index in [1.54, 1.807) is 0 Å². The van der Waals surface area contributed by atoms with Gasteiger partial charge in [0.25, 0.3) is 0 Å². The van der Waals surface area contributed by atoms with Gasteiger partial charge in [-0.2, -0.15) is 0 Å². The van der Waals surface area contributed by atoms with Crippen molar-refractivity contribution in [2.24, 2.45) is 0 Å². The predicted molar refractivity (Wildman–Crippen MR) is 81.8 cm³/mol. The van der Waals surface area contributed by atoms with E-state index in [-0.39, 0.29) is 6.04 Å². The number of hydrogen-bond donors (Lipinski definition) is 1. The second kappa shape index (κ2) is 6.07. The Morgan fingerprint density at radius 2 is 2.15 bits per heavy atom. The zero-order valence-corrected chi connectivity index (χ0v) is 12.1. The van der Waals surface area contributed by atoms with Gasteiger partial charge in [-0.15, -0.1) is 5.10 Å². The Balaban J connectivity index is 1.94. The second-order valence-corrected chi connectivity index (χ2v) is 5.44. The molecular formula is C15H16N4S. The highest BCUT2D eigenvalue weighted by molar-refractivity contribution is 7.05. The molecule has 2 heterocycles. The number of hydrogen-bond acceptors (Lipinski definition) is 5.